The first-order valence-corrected chi connectivity index (χ1v) is 8.12. The Morgan fingerprint density at radius 1 is 0.917 bits per heavy atom. The highest BCUT2D eigenvalue weighted by Crippen LogP contribution is 2.15. The van der Waals surface area contributed by atoms with Gasteiger partial charge in [0.2, 0.25) is 11.8 Å². The Labute approximate surface area is 142 Å². The van der Waals surface area contributed by atoms with Crippen LogP contribution in [-0.2, 0) is 16.1 Å². The minimum Gasteiger partial charge on any atom is -0.376 e. The van der Waals surface area contributed by atoms with Gasteiger partial charge in [0.15, 0.2) is 0 Å². The summed E-state index contributed by atoms with van der Waals surface area (Å²) < 4.78 is 0. The van der Waals surface area contributed by atoms with Crippen LogP contribution in [0.15, 0.2) is 54.6 Å². The van der Waals surface area contributed by atoms with Crippen LogP contribution in [0.3, 0.4) is 0 Å². The molecule has 0 aliphatic rings. The van der Waals surface area contributed by atoms with E-state index in [1.165, 1.54) is 0 Å². The van der Waals surface area contributed by atoms with Crippen LogP contribution < -0.4 is 16.0 Å². The summed E-state index contributed by atoms with van der Waals surface area (Å²) >= 11 is 0. The van der Waals surface area contributed by atoms with E-state index < -0.39 is 0 Å². The summed E-state index contributed by atoms with van der Waals surface area (Å²) in [5.74, 6) is -0.0884. The predicted molar refractivity (Wildman–Crippen MR) is 96.8 cm³/mol. The molecule has 0 spiro atoms. The second-order valence-electron chi connectivity index (χ2n) is 5.49. The molecule has 2 rings (SSSR count). The number of hydrogen-bond acceptors (Lipinski definition) is 3. The number of carbonyl (C=O) groups excluding carboxylic acids is 2. The van der Waals surface area contributed by atoms with Gasteiger partial charge in [-0.15, -0.1) is 0 Å². The van der Waals surface area contributed by atoms with Crippen LogP contribution in [-0.4, -0.2) is 18.4 Å². The van der Waals surface area contributed by atoms with Crippen molar-refractivity contribution >= 4 is 23.2 Å². The molecule has 2 aromatic carbocycles. The van der Waals surface area contributed by atoms with Gasteiger partial charge in [-0.05, 0) is 30.2 Å². The van der Waals surface area contributed by atoms with Crippen LogP contribution >= 0.6 is 0 Å². The van der Waals surface area contributed by atoms with E-state index in [1.54, 1.807) is 0 Å². The van der Waals surface area contributed by atoms with Crippen LogP contribution in [0.5, 0.6) is 0 Å². The fourth-order valence-electron chi connectivity index (χ4n) is 2.20. The van der Waals surface area contributed by atoms with Crippen molar-refractivity contribution in [2.24, 2.45) is 0 Å². The van der Waals surface area contributed by atoms with Crippen LogP contribution in [0, 0.1) is 0 Å². The maximum Gasteiger partial charge on any atom is 0.239 e. The molecule has 0 fully saturated rings. The Bertz CT molecular complexity index is 671. The second-order valence-corrected chi connectivity index (χ2v) is 5.49. The lowest BCUT2D eigenvalue weighted by molar-refractivity contribution is -0.119. The lowest BCUT2D eigenvalue weighted by Crippen LogP contribution is -2.29. The van der Waals surface area contributed by atoms with E-state index in [0.29, 0.717) is 13.0 Å². The van der Waals surface area contributed by atoms with Crippen molar-refractivity contribution in [3.8, 4) is 0 Å². The summed E-state index contributed by atoms with van der Waals surface area (Å²) in [7, 11) is 0. The molecule has 0 aliphatic heterocycles. The SMILES string of the molecule is CCCC(=O)Nc1cccc(NCC(=O)NCc2ccccc2)c1. The van der Waals surface area contributed by atoms with Gasteiger partial charge in [-0.2, -0.15) is 0 Å². The minimum atomic E-state index is -0.0840. The summed E-state index contributed by atoms with van der Waals surface area (Å²) in [6, 6.07) is 17.1. The van der Waals surface area contributed by atoms with Crippen LogP contribution in [0.25, 0.3) is 0 Å². The van der Waals surface area contributed by atoms with Gasteiger partial charge in [0.25, 0.3) is 0 Å². The van der Waals surface area contributed by atoms with E-state index >= 15 is 0 Å². The van der Waals surface area contributed by atoms with Gasteiger partial charge in [0, 0.05) is 24.3 Å². The molecule has 0 radical (unpaired) electrons. The van der Waals surface area contributed by atoms with Crippen molar-refractivity contribution in [2.75, 3.05) is 17.2 Å². The average Bonchev–Trinajstić information content (AvgIpc) is 2.59. The topological polar surface area (TPSA) is 70.2 Å². The standard InChI is InChI=1S/C19H23N3O2/c1-2-7-18(23)22-17-11-6-10-16(12-17)20-14-19(24)21-13-15-8-4-3-5-9-15/h3-6,8-12,20H,2,7,13-14H2,1H3,(H,21,24)(H,22,23). The maximum absolute atomic E-state index is 11.9. The normalized spacial score (nSPS) is 10.0. The maximum atomic E-state index is 11.9. The van der Waals surface area contributed by atoms with Gasteiger partial charge in [-0.3, -0.25) is 9.59 Å². The molecule has 0 atom stereocenters. The summed E-state index contributed by atoms with van der Waals surface area (Å²) in [6.45, 7) is 2.65. The first-order valence-electron chi connectivity index (χ1n) is 8.12. The number of benzene rings is 2. The zero-order valence-corrected chi connectivity index (χ0v) is 13.8. The first kappa shape index (κ1) is 17.5. The molecule has 0 heterocycles. The molecular weight excluding hydrogens is 302 g/mol. The molecule has 0 aromatic heterocycles. The Morgan fingerprint density at radius 2 is 1.67 bits per heavy atom. The molecule has 3 N–H and O–H groups in total. The zero-order chi connectivity index (χ0) is 17.2. The summed E-state index contributed by atoms with van der Waals surface area (Å²) in [6.07, 6.45) is 1.31. The third-order valence-electron chi connectivity index (χ3n) is 3.41. The highest BCUT2D eigenvalue weighted by molar-refractivity contribution is 5.91. The zero-order valence-electron chi connectivity index (χ0n) is 13.8. The molecule has 0 unspecified atom stereocenters. The summed E-state index contributed by atoms with van der Waals surface area (Å²) in [5, 5.41) is 8.76. The molecule has 0 saturated heterocycles. The van der Waals surface area contributed by atoms with Crippen molar-refractivity contribution < 1.29 is 9.59 Å². The first-order chi connectivity index (χ1) is 11.7. The molecule has 24 heavy (non-hydrogen) atoms. The Balaban J connectivity index is 1.79. The van der Waals surface area contributed by atoms with E-state index in [9.17, 15) is 9.59 Å². The fourth-order valence-corrected chi connectivity index (χ4v) is 2.20. The van der Waals surface area contributed by atoms with Gasteiger partial charge in [-0.25, -0.2) is 0 Å². The molecule has 0 saturated carbocycles. The van der Waals surface area contributed by atoms with E-state index in [1.807, 2.05) is 61.5 Å². The van der Waals surface area contributed by atoms with Crippen LogP contribution in [0.4, 0.5) is 11.4 Å². The highest BCUT2D eigenvalue weighted by atomic mass is 16.2. The fraction of sp³-hybridized carbons (Fsp3) is 0.263. The number of amides is 2. The molecule has 2 amide bonds. The number of carbonyl (C=O) groups is 2. The summed E-state index contributed by atoms with van der Waals surface area (Å²) in [4.78, 5) is 23.5. The Kier molecular flexibility index (Phi) is 6.83. The highest BCUT2D eigenvalue weighted by Gasteiger charge is 2.04. The summed E-state index contributed by atoms with van der Waals surface area (Å²) in [5.41, 5.74) is 2.58. The van der Waals surface area contributed by atoms with Crippen molar-refractivity contribution in [2.45, 2.75) is 26.3 Å². The molecule has 2 aromatic rings. The number of rotatable bonds is 8. The van der Waals surface area contributed by atoms with Gasteiger partial charge >= 0.3 is 0 Å². The van der Waals surface area contributed by atoms with E-state index in [-0.39, 0.29) is 18.4 Å². The van der Waals surface area contributed by atoms with E-state index in [0.717, 1.165) is 23.4 Å². The lowest BCUT2D eigenvalue weighted by atomic mass is 10.2. The van der Waals surface area contributed by atoms with Crippen molar-refractivity contribution in [1.29, 1.82) is 0 Å². The molecule has 126 valence electrons. The molecule has 0 aliphatic carbocycles. The molecule has 5 nitrogen and oxygen atoms in total. The van der Waals surface area contributed by atoms with Gasteiger partial charge < -0.3 is 16.0 Å². The van der Waals surface area contributed by atoms with E-state index in [2.05, 4.69) is 16.0 Å². The minimum absolute atomic E-state index is 0.00439. The average molecular weight is 325 g/mol. The number of nitrogens with one attached hydrogen (secondary N) is 3. The lowest BCUT2D eigenvalue weighted by Gasteiger charge is -2.10. The van der Waals surface area contributed by atoms with Gasteiger partial charge in [0.05, 0.1) is 6.54 Å². The van der Waals surface area contributed by atoms with E-state index in [4.69, 9.17) is 0 Å². The van der Waals surface area contributed by atoms with Crippen molar-refractivity contribution in [3.05, 3.63) is 60.2 Å². The Morgan fingerprint density at radius 3 is 2.42 bits per heavy atom. The number of anilines is 2. The van der Waals surface area contributed by atoms with Gasteiger partial charge in [0.1, 0.15) is 0 Å². The van der Waals surface area contributed by atoms with Crippen LogP contribution in [0.2, 0.25) is 0 Å². The van der Waals surface area contributed by atoms with Crippen LogP contribution in [0.1, 0.15) is 25.3 Å². The third-order valence-corrected chi connectivity index (χ3v) is 3.41. The smallest absolute Gasteiger partial charge is 0.239 e. The molecular formula is C19H23N3O2. The molecule has 0 bridgehead atoms. The quantitative estimate of drug-likeness (QED) is 0.698. The monoisotopic (exact) mass is 325 g/mol. The Hall–Kier alpha value is -2.82. The second kappa shape index (κ2) is 9.35. The largest absolute Gasteiger partial charge is 0.376 e. The van der Waals surface area contributed by atoms with Gasteiger partial charge in [-0.1, -0.05) is 43.3 Å². The third kappa shape index (κ3) is 6.12. The number of hydrogen-bond donors (Lipinski definition) is 3. The van der Waals surface area contributed by atoms with Crippen molar-refractivity contribution in [3.63, 3.8) is 0 Å². The van der Waals surface area contributed by atoms with Crippen molar-refractivity contribution in [1.82, 2.24) is 5.32 Å². The predicted octanol–water partition coefficient (Wildman–Crippen LogP) is 3.15. The molecule has 5 heteroatoms.